The lowest BCUT2D eigenvalue weighted by Gasteiger charge is -2.25. The number of rotatable bonds is 6. The fraction of sp³-hybridized carbons (Fsp3) is 0.450. The minimum atomic E-state index is -5.14. The molecule has 190 valence electrons. The second-order valence-electron chi connectivity index (χ2n) is 8.06. The maximum Gasteiger partial charge on any atom is 0.573 e. The summed E-state index contributed by atoms with van der Waals surface area (Å²) in [4.78, 5) is 4.09. The molecule has 4 rings (SSSR count). The highest BCUT2D eigenvalue weighted by Gasteiger charge is 2.33. The van der Waals surface area contributed by atoms with Crippen LogP contribution in [-0.4, -0.2) is 51.5 Å². The molecule has 2 heterocycles. The van der Waals surface area contributed by atoms with Crippen molar-refractivity contribution in [1.82, 2.24) is 15.2 Å². The Kier molecular flexibility index (Phi) is 6.53. The molecule has 15 heteroatoms. The van der Waals surface area contributed by atoms with Gasteiger partial charge < -0.3 is 30.6 Å². The Morgan fingerprint density at radius 2 is 1.89 bits per heavy atom. The van der Waals surface area contributed by atoms with Crippen molar-refractivity contribution in [3.63, 3.8) is 0 Å². The molecule has 1 saturated carbocycles. The molecule has 5 N–H and O–H groups in total. The van der Waals surface area contributed by atoms with Gasteiger partial charge in [-0.2, -0.15) is 13.2 Å². The van der Waals surface area contributed by atoms with Crippen molar-refractivity contribution in [1.29, 1.82) is 0 Å². The van der Waals surface area contributed by atoms with Crippen LogP contribution in [0.4, 0.5) is 43.7 Å². The first-order valence-corrected chi connectivity index (χ1v) is 10.5. The number of nitrogens with zero attached hydrogens (tertiary/aromatic N) is 3. The lowest BCUT2D eigenvalue weighted by Crippen LogP contribution is -2.29. The Bertz CT molecular complexity index is 1200. The van der Waals surface area contributed by atoms with Gasteiger partial charge in [0.2, 0.25) is 0 Å². The molecule has 0 amide bonds. The van der Waals surface area contributed by atoms with Crippen molar-refractivity contribution < 1.29 is 40.6 Å². The van der Waals surface area contributed by atoms with Gasteiger partial charge in [0.15, 0.2) is 5.75 Å². The number of anilines is 3. The molecule has 2 atom stereocenters. The van der Waals surface area contributed by atoms with E-state index in [1.165, 1.54) is 6.07 Å². The second kappa shape index (κ2) is 9.28. The van der Waals surface area contributed by atoms with Crippen LogP contribution in [-0.2, 0) is 0 Å². The average molecular weight is 506 g/mol. The first-order valence-electron chi connectivity index (χ1n) is 10.5. The van der Waals surface area contributed by atoms with E-state index in [1.54, 1.807) is 0 Å². The molecule has 0 aliphatic heterocycles. The minimum absolute atomic E-state index is 0.0260. The molecule has 0 spiro atoms. The zero-order valence-electron chi connectivity index (χ0n) is 17.9. The molecular weight excluding hydrogens is 486 g/mol. The van der Waals surface area contributed by atoms with Crippen LogP contribution in [0.5, 0.6) is 5.75 Å². The van der Waals surface area contributed by atoms with E-state index in [2.05, 4.69) is 25.2 Å². The van der Waals surface area contributed by atoms with Gasteiger partial charge in [-0.25, -0.2) is 4.98 Å². The summed E-state index contributed by atoms with van der Waals surface area (Å²) in [5.41, 5.74) is 5.16. The third kappa shape index (κ3) is 6.35. The molecule has 1 aromatic carbocycles. The Morgan fingerprint density at radius 1 is 1.11 bits per heavy atom. The molecule has 9 nitrogen and oxygen atoms in total. The normalized spacial score (nSPS) is 19.1. The van der Waals surface area contributed by atoms with Gasteiger partial charge in [0.1, 0.15) is 17.8 Å². The molecule has 35 heavy (non-hydrogen) atoms. The number of hydrogen-bond donors (Lipinski definition) is 4. The van der Waals surface area contributed by atoms with Crippen LogP contribution >= 0.6 is 0 Å². The zero-order valence-corrected chi connectivity index (χ0v) is 17.9. The Morgan fingerprint density at radius 3 is 2.57 bits per heavy atom. The molecule has 0 saturated heterocycles. The molecule has 0 unspecified atom stereocenters. The Labute approximate surface area is 193 Å². The lowest BCUT2D eigenvalue weighted by atomic mass is 9.93. The van der Waals surface area contributed by atoms with Crippen LogP contribution in [0.2, 0.25) is 0 Å². The number of halogens is 6. The first-order chi connectivity index (χ1) is 16.4. The fourth-order valence-corrected chi connectivity index (χ4v) is 3.79. The largest absolute Gasteiger partial charge is 0.573 e. The molecule has 2 aromatic heterocycles. The summed E-state index contributed by atoms with van der Waals surface area (Å²) in [5, 5.41) is 22.4. The molecule has 1 aliphatic carbocycles. The van der Waals surface area contributed by atoms with Gasteiger partial charge >= 0.3 is 18.6 Å². The van der Waals surface area contributed by atoms with E-state index in [4.69, 9.17) is 10.2 Å². The van der Waals surface area contributed by atoms with Gasteiger partial charge in [0, 0.05) is 28.9 Å². The summed E-state index contributed by atoms with van der Waals surface area (Å²) in [6.07, 6.45) is -7.43. The van der Waals surface area contributed by atoms with E-state index in [0.717, 1.165) is 25.0 Å². The number of hydrogen-bond acceptors (Lipinski definition) is 9. The van der Waals surface area contributed by atoms with E-state index in [0.29, 0.717) is 12.8 Å². The lowest BCUT2D eigenvalue weighted by molar-refractivity contribution is -0.274. The van der Waals surface area contributed by atoms with E-state index in [1.807, 2.05) is 5.32 Å². The van der Waals surface area contributed by atoms with Crippen molar-refractivity contribution in [2.75, 3.05) is 22.9 Å². The standard InChI is InChI=1S/C20H20F6N6O3/c21-19(22,23)8-28-10-5-12-13(27)7-14(30-16(12)15(6-10)35-20(24,25)26)17-31-32-18(34-17)29-9-2-1-3-11(33)4-9/h5-7,9,11,28,33H,1-4,8H2,(H2,27,30)(H,29,32)/t9-,11+/m0/s1. The average Bonchev–Trinajstić information content (AvgIpc) is 3.19. The summed E-state index contributed by atoms with van der Waals surface area (Å²) in [5.74, 6) is -1.02. The number of nitrogen functional groups attached to an aromatic ring is 1. The second-order valence-corrected chi connectivity index (χ2v) is 8.06. The van der Waals surface area contributed by atoms with E-state index in [-0.39, 0.29) is 45.9 Å². The van der Waals surface area contributed by atoms with Crippen molar-refractivity contribution >= 4 is 28.3 Å². The summed E-state index contributed by atoms with van der Waals surface area (Å²) in [6, 6.07) is 3.04. The van der Waals surface area contributed by atoms with Crippen LogP contribution in [0.15, 0.2) is 22.6 Å². The maximum atomic E-state index is 13.0. The van der Waals surface area contributed by atoms with Crippen molar-refractivity contribution in [3.8, 4) is 17.3 Å². The van der Waals surface area contributed by atoms with E-state index >= 15 is 0 Å². The van der Waals surface area contributed by atoms with Gasteiger partial charge in [0.05, 0.1) is 6.10 Å². The Balaban J connectivity index is 1.67. The quantitative estimate of drug-likeness (QED) is 0.358. The van der Waals surface area contributed by atoms with Crippen LogP contribution < -0.4 is 21.1 Å². The third-order valence-electron chi connectivity index (χ3n) is 5.25. The highest BCUT2D eigenvalue weighted by atomic mass is 19.4. The molecule has 0 radical (unpaired) electrons. The Hall–Kier alpha value is -3.49. The number of fused-ring (bicyclic) bond motifs is 1. The highest BCUT2D eigenvalue weighted by Crippen LogP contribution is 2.37. The zero-order chi connectivity index (χ0) is 25.4. The highest BCUT2D eigenvalue weighted by molar-refractivity contribution is 5.98. The van der Waals surface area contributed by atoms with E-state index in [9.17, 15) is 31.4 Å². The fourth-order valence-electron chi connectivity index (χ4n) is 3.79. The number of aliphatic hydroxyl groups is 1. The smallest absolute Gasteiger partial charge is 0.403 e. The number of nitrogens with two attached hydrogens (primary N) is 1. The summed E-state index contributed by atoms with van der Waals surface area (Å²) in [7, 11) is 0. The molecule has 1 aliphatic rings. The summed E-state index contributed by atoms with van der Waals surface area (Å²) >= 11 is 0. The third-order valence-corrected chi connectivity index (χ3v) is 5.25. The first kappa shape index (κ1) is 24.6. The van der Waals surface area contributed by atoms with Crippen LogP contribution in [0.1, 0.15) is 25.7 Å². The number of alkyl halides is 6. The minimum Gasteiger partial charge on any atom is -0.403 e. The number of pyridine rings is 1. The van der Waals surface area contributed by atoms with Crippen LogP contribution in [0.25, 0.3) is 22.5 Å². The predicted molar refractivity (Wildman–Crippen MR) is 113 cm³/mol. The van der Waals surface area contributed by atoms with Gasteiger partial charge in [-0.15, -0.1) is 18.3 Å². The van der Waals surface area contributed by atoms with E-state index < -0.39 is 30.9 Å². The molecular formula is C20H20F6N6O3. The number of nitrogens with one attached hydrogen (secondary N) is 2. The van der Waals surface area contributed by atoms with Crippen LogP contribution in [0.3, 0.4) is 0 Å². The van der Waals surface area contributed by atoms with Crippen molar-refractivity contribution in [3.05, 3.63) is 18.2 Å². The SMILES string of the molecule is Nc1cc(-c2nnc(N[C@H]3CCC[C@@H](O)C3)o2)nc2c(OC(F)(F)F)cc(NCC(F)(F)F)cc12. The van der Waals surface area contributed by atoms with Crippen molar-refractivity contribution in [2.45, 2.75) is 50.4 Å². The molecule has 3 aromatic rings. The van der Waals surface area contributed by atoms with Crippen LogP contribution in [0, 0.1) is 0 Å². The molecule has 1 fully saturated rings. The summed E-state index contributed by atoms with van der Waals surface area (Å²) < 4.78 is 86.2. The van der Waals surface area contributed by atoms with Gasteiger partial charge in [0.25, 0.3) is 5.89 Å². The summed E-state index contributed by atoms with van der Waals surface area (Å²) in [6.45, 7) is -1.48. The number of aliphatic hydroxyl groups excluding tert-OH is 1. The topological polar surface area (TPSA) is 131 Å². The number of ether oxygens (including phenoxy) is 1. The van der Waals surface area contributed by atoms with Gasteiger partial charge in [-0.3, -0.25) is 0 Å². The predicted octanol–water partition coefficient (Wildman–Crippen LogP) is 4.46. The molecule has 0 bridgehead atoms. The van der Waals surface area contributed by atoms with Crippen molar-refractivity contribution in [2.24, 2.45) is 0 Å². The van der Waals surface area contributed by atoms with Gasteiger partial charge in [-0.1, -0.05) is 5.10 Å². The maximum absolute atomic E-state index is 13.0. The monoisotopic (exact) mass is 506 g/mol. The van der Waals surface area contributed by atoms with Gasteiger partial charge in [-0.05, 0) is 37.8 Å². The number of aromatic nitrogens is 3. The number of benzene rings is 1.